The van der Waals surface area contributed by atoms with Gasteiger partial charge in [0.25, 0.3) is 0 Å². The van der Waals surface area contributed by atoms with Crippen LogP contribution >= 0.6 is 34.8 Å². The summed E-state index contributed by atoms with van der Waals surface area (Å²) in [5, 5.41) is -0.718. The van der Waals surface area contributed by atoms with Crippen molar-refractivity contribution >= 4 is 45.7 Å². The second kappa shape index (κ2) is 4.15. The minimum absolute atomic E-state index is 0.0489. The van der Waals surface area contributed by atoms with E-state index in [0.29, 0.717) is 0 Å². The number of aromatic nitrogens is 2. The Hall–Kier alpha value is -0.780. The average Bonchev–Trinajstić information content (AvgIpc) is 2.13. The third kappa shape index (κ3) is 2.41. The van der Waals surface area contributed by atoms with Crippen molar-refractivity contribution in [2.75, 3.05) is 0 Å². The highest BCUT2D eigenvalue weighted by atomic mass is 35.5. The summed E-state index contributed by atoms with van der Waals surface area (Å²) in [4.78, 5) is 7.30. The van der Waals surface area contributed by atoms with Gasteiger partial charge in [0.05, 0.1) is 16.1 Å². The van der Waals surface area contributed by atoms with Crippen molar-refractivity contribution in [2.24, 2.45) is 0 Å². The van der Waals surface area contributed by atoms with Gasteiger partial charge in [-0.3, -0.25) is 0 Å². The fourth-order valence-electron chi connectivity index (χ4n) is 1.30. The SMILES string of the molecule is FC(F)(F)c1cc2c(Cl)nc(Cl)nc2cc1Cl. The van der Waals surface area contributed by atoms with E-state index in [9.17, 15) is 13.2 Å². The van der Waals surface area contributed by atoms with Crippen LogP contribution in [0, 0.1) is 0 Å². The lowest BCUT2D eigenvalue weighted by Crippen LogP contribution is -2.06. The number of rotatable bonds is 0. The highest BCUT2D eigenvalue weighted by molar-refractivity contribution is 6.36. The van der Waals surface area contributed by atoms with Crippen molar-refractivity contribution in [2.45, 2.75) is 6.18 Å². The Morgan fingerprint density at radius 1 is 1.00 bits per heavy atom. The zero-order chi connectivity index (χ0) is 12.8. The lowest BCUT2D eigenvalue weighted by Gasteiger charge is -2.10. The van der Waals surface area contributed by atoms with Gasteiger partial charge in [0.2, 0.25) is 5.28 Å². The van der Waals surface area contributed by atoms with Crippen LogP contribution in [-0.2, 0) is 6.18 Å². The average molecular weight is 301 g/mol. The second-order valence-corrected chi connectivity index (χ2v) is 4.23. The Morgan fingerprint density at radius 3 is 2.24 bits per heavy atom. The number of hydrogen-bond donors (Lipinski definition) is 0. The van der Waals surface area contributed by atoms with Gasteiger partial charge >= 0.3 is 6.18 Å². The lowest BCUT2D eigenvalue weighted by molar-refractivity contribution is -0.137. The van der Waals surface area contributed by atoms with Crippen LogP contribution in [0.1, 0.15) is 5.56 Å². The fraction of sp³-hybridized carbons (Fsp3) is 0.111. The van der Waals surface area contributed by atoms with Crippen molar-refractivity contribution < 1.29 is 13.2 Å². The Bertz CT molecular complexity index is 598. The number of benzene rings is 1. The second-order valence-electron chi connectivity index (χ2n) is 3.13. The molecular weight excluding hydrogens is 299 g/mol. The summed E-state index contributed by atoms with van der Waals surface area (Å²) < 4.78 is 37.8. The molecule has 1 aromatic carbocycles. The van der Waals surface area contributed by atoms with Crippen molar-refractivity contribution in [3.8, 4) is 0 Å². The maximum Gasteiger partial charge on any atom is 0.417 e. The van der Waals surface area contributed by atoms with E-state index in [1.807, 2.05) is 0 Å². The highest BCUT2D eigenvalue weighted by Crippen LogP contribution is 2.38. The summed E-state index contributed by atoms with van der Waals surface area (Å²) in [6, 6.07) is 1.86. The van der Waals surface area contributed by atoms with Gasteiger partial charge in [-0.05, 0) is 23.7 Å². The van der Waals surface area contributed by atoms with E-state index >= 15 is 0 Å². The van der Waals surface area contributed by atoms with E-state index in [4.69, 9.17) is 34.8 Å². The number of hydrogen-bond acceptors (Lipinski definition) is 2. The first-order valence-corrected chi connectivity index (χ1v) is 5.32. The quantitative estimate of drug-likeness (QED) is 0.524. The van der Waals surface area contributed by atoms with Crippen LogP contribution in [0.3, 0.4) is 0 Å². The molecule has 0 bridgehead atoms. The van der Waals surface area contributed by atoms with Crippen LogP contribution in [0.15, 0.2) is 12.1 Å². The summed E-state index contributed by atoms with van der Waals surface area (Å²) in [6.45, 7) is 0. The Balaban J connectivity index is 2.81. The zero-order valence-corrected chi connectivity index (χ0v) is 10.1. The molecule has 0 N–H and O–H groups in total. The number of halogens is 6. The van der Waals surface area contributed by atoms with Gasteiger partial charge in [-0.2, -0.15) is 13.2 Å². The van der Waals surface area contributed by atoms with E-state index in [2.05, 4.69) is 9.97 Å². The van der Waals surface area contributed by atoms with Gasteiger partial charge < -0.3 is 0 Å². The van der Waals surface area contributed by atoms with E-state index in [1.165, 1.54) is 0 Å². The number of alkyl halides is 3. The van der Waals surface area contributed by atoms with Crippen LogP contribution in [-0.4, -0.2) is 9.97 Å². The van der Waals surface area contributed by atoms with Crippen LogP contribution in [0.4, 0.5) is 13.2 Å². The molecule has 0 saturated heterocycles. The van der Waals surface area contributed by atoms with Crippen molar-refractivity contribution in [3.63, 3.8) is 0 Å². The van der Waals surface area contributed by atoms with Gasteiger partial charge in [0.1, 0.15) is 5.15 Å². The Morgan fingerprint density at radius 2 is 1.65 bits per heavy atom. The largest absolute Gasteiger partial charge is 0.417 e. The molecule has 90 valence electrons. The van der Waals surface area contributed by atoms with Crippen molar-refractivity contribution in [1.82, 2.24) is 9.97 Å². The summed E-state index contributed by atoms with van der Waals surface area (Å²) >= 11 is 16.8. The molecule has 0 fully saturated rings. The predicted molar refractivity (Wildman–Crippen MR) is 59.6 cm³/mol. The van der Waals surface area contributed by atoms with E-state index in [1.54, 1.807) is 0 Å². The predicted octanol–water partition coefficient (Wildman–Crippen LogP) is 4.61. The maximum atomic E-state index is 12.6. The molecule has 2 nitrogen and oxygen atoms in total. The first-order valence-electron chi connectivity index (χ1n) is 4.18. The molecule has 1 heterocycles. The molecule has 2 rings (SSSR count). The Kier molecular flexibility index (Phi) is 3.10. The Labute approximate surface area is 108 Å². The van der Waals surface area contributed by atoms with Gasteiger partial charge in [-0.15, -0.1) is 0 Å². The standard InChI is InChI=1S/C9H2Cl3F3N2/c10-5-2-6-3(1-4(5)9(13,14)15)7(11)17-8(12)16-6/h1-2H. The molecular formula is C9H2Cl3F3N2. The maximum absolute atomic E-state index is 12.6. The summed E-state index contributed by atoms with van der Waals surface area (Å²) in [6.07, 6.45) is -4.56. The molecule has 17 heavy (non-hydrogen) atoms. The summed E-state index contributed by atoms with van der Waals surface area (Å²) in [5.74, 6) is 0. The van der Waals surface area contributed by atoms with Gasteiger partial charge in [-0.1, -0.05) is 23.2 Å². The first-order chi connectivity index (χ1) is 7.79. The van der Waals surface area contributed by atoms with E-state index < -0.39 is 16.8 Å². The van der Waals surface area contributed by atoms with Crippen molar-refractivity contribution in [1.29, 1.82) is 0 Å². The minimum Gasteiger partial charge on any atom is -0.218 e. The first kappa shape index (κ1) is 12.7. The van der Waals surface area contributed by atoms with Crippen molar-refractivity contribution in [3.05, 3.63) is 33.2 Å². The summed E-state index contributed by atoms with van der Waals surface area (Å²) in [5.41, 5.74) is -0.826. The molecule has 0 aliphatic carbocycles. The molecule has 0 amide bonds. The number of fused-ring (bicyclic) bond motifs is 1. The molecule has 0 atom stereocenters. The van der Waals surface area contributed by atoms with Crippen LogP contribution in [0.2, 0.25) is 15.5 Å². The molecule has 0 aliphatic rings. The molecule has 0 unspecified atom stereocenters. The molecule has 0 saturated carbocycles. The van der Waals surface area contributed by atoms with E-state index in [-0.39, 0.29) is 21.3 Å². The molecule has 1 aromatic heterocycles. The lowest BCUT2D eigenvalue weighted by atomic mass is 10.1. The summed E-state index contributed by atoms with van der Waals surface area (Å²) in [7, 11) is 0. The molecule has 8 heteroatoms. The number of nitrogens with zero attached hydrogens (tertiary/aromatic N) is 2. The molecule has 0 aliphatic heterocycles. The molecule has 0 spiro atoms. The third-order valence-electron chi connectivity index (χ3n) is 2.02. The van der Waals surface area contributed by atoms with Crippen LogP contribution in [0.25, 0.3) is 10.9 Å². The van der Waals surface area contributed by atoms with Gasteiger partial charge in [0, 0.05) is 5.39 Å². The normalized spacial score (nSPS) is 12.1. The fourth-order valence-corrected chi connectivity index (χ4v) is 2.02. The zero-order valence-electron chi connectivity index (χ0n) is 7.82. The minimum atomic E-state index is -4.56. The third-order valence-corrected chi connectivity index (χ3v) is 2.79. The molecule has 0 radical (unpaired) electrons. The van der Waals surface area contributed by atoms with Gasteiger partial charge in [-0.25, -0.2) is 9.97 Å². The smallest absolute Gasteiger partial charge is 0.218 e. The molecule has 2 aromatic rings. The van der Waals surface area contributed by atoms with E-state index in [0.717, 1.165) is 12.1 Å². The van der Waals surface area contributed by atoms with Crippen LogP contribution in [0.5, 0.6) is 0 Å². The van der Waals surface area contributed by atoms with Gasteiger partial charge in [0.15, 0.2) is 0 Å². The monoisotopic (exact) mass is 300 g/mol. The van der Waals surface area contributed by atoms with Crippen LogP contribution < -0.4 is 0 Å². The topological polar surface area (TPSA) is 25.8 Å². The highest BCUT2D eigenvalue weighted by Gasteiger charge is 2.33.